The van der Waals surface area contributed by atoms with Crippen LogP contribution in [0.15, 0.2) is 83.0 Å². The van der Waals surface area contributed by atoms with Gasteiger partial charge in [0.15, 0.2) is 0 Å². The van der Waals surface area contributed by atoms with E-state index in [1.807, 2.05) is 50.2 Å². The smallest absolute Gasteiger partial charge is 0.271 e. The van der Waals surface area contributed by atoms with Crippen molar-refractivity contribution in [3.8, 4) is 0 Å². The third-order valence-corrected chi connectivity index (χ3v) is 4.48. The van der Waals surface area contributed by atoms with E-state index in [1.54, 1.807) is 36.4 Å². The maximum atomic E-state index is 12.3. The number of nitrogen functional groups attached to an aromatic ring is 2. The van der Waals surface area contributed by atoms with Crippen LogP contribution in [0.4, 0.5) is 17.1 Å². The van der Waals surface area contributed by atoms with Gasteiger partial charge in [-0.15, -0.1) is 0 Å². The molecule has 3 aromatic rings. The average molecular weight is 400 g/mol. The van der Waals surface area contributed by atoms with E-state index in [-0.39, 0.29) is 5.91 Å². The maximum absolute atomic E-state index is 12.3. The van der Waals surface area contributed by atoms with Crippen molar-refractivity contribution in [3.05, 3.63) is 89.5 Å². The van der Waals surface area contributed by atoms with Gasteiger partial charge in [-0.1, -0.05) is 24.3 Å². The molecule has 0 aliphatic carbocycles. The Morgan fingerprint density at radius 3 is 1.60 bits per heavy atom. The van der Waals surface area contributed by atoms with Gasteiger partial charge in [-0.05, 0) is 73.5 Å². The van der Waals surface area contributed by atoms with Gasteiger partial charge in [0, 0.05) is 16.9 Å². The van der Waals surface area contributed by atoms with Crippen molar-refractivity contribution < 1.29 is 4.79 Å². The molecule has 7 heteroatoms. The van der Waals surface area contributed by atoms with Gasteiger partial charge in [-0.3, -0.25) is 10.2 Å². The van der Waals surface area contributed by atoms with Crippen molar-refractivity contribution in [1.29, 1.82) is 0 Å². The lowest BCUT2D eigenvalue weighted by molar-refractivity contribution is 0.0955. The normalized spacial score (nSPS) is 11.8. The molecular formula is C23H24N6O. The number of carbonyl (C=O) groups excluding carboxylic acids is 1. The molecule has 0 saturated heterocycles. The van der Waals surface area contributed by atoms with Crippen LogP contribution in [0.25, 0.3) is 0 Å². The van der Waals surface area contributed by atoms with Crippen LogP contribution >= 0.6 is 0 Å². The summed E-state index contributed by atoms with van der Waals surface area (Å²) >= 11 is 0. The Kier molecular flexibility index (Phi) is 6.44. The molecule has 0 saturated carbocycles. The van der Waals surface area contributed by atoms with Crippen molar-refractivity contribution in [3.63, 3.8) is 0 Å². The predicted molar refractivity (Wildman–Crippen MR) is 124 cm³/mol. The van der Waals surface area contributed by atoms with E-state index in [4.69, 9.17) is 11.5 Å². The zero-order valence-corrected chi connectivity index (χ0v) is 16.9. The van der Waals surface area contributed by atoms with Crippen LogP contribution in [0, 0.1) is 0 Å². The highest BCUT2D eigenvalue weighted by atomic mass is 16.2. The largest absolute Gasteiger partial charge is 0.399 e. The number of amides is 1. The lowest BCUT2D eigenvalue weighted by atomic mass is 10.1. The number of hydrogen-bond acceptors (Lipinski definition) is 6. The van der Waals surface area contributed by atoms with E-state index in [0.29, 0.717) is 22.6 Å². The van der Waals surface area contributed by atoms with Crippen LogP contribution in [0.3, 0.4) is 0 Å². The van der Waals surface area contributed by atoms with E-state index in [1.165, 1.54) is 0 Å². The van der Waals surface area contributed by atoms with Gasteiger partial charge >= 0.3 is 0 Å². The predicted octanol–water partition coefficient (Wildman–Crippen LogP) is 3.84. The Morgan fingerprint density at radius 2 is 1.10 bits per heavy atom. The summed E-state index contributed by atoms with van der Waals surface area (Å²) in [4.78, 5) is 12.3. The highest BCUT2D eigenvalue weighted by molar-refractivity contribution is 6.01. The fourth-order valence-electron chi connectivity index (χ4n) is 2.62. The Labute approximate surface area is 175 Å². The molecular weight excluding hydrogens is 376 g/mol. The highest BCUT2D eigenvalue weighted by Gasteiger charge is 2.05. The second-order valence-electron chi connectivity index (χ2n) is 6.77. The summed E-state index contributed by atoms with van der Waals surface area (Å²) in [6.45, 7) is 3.72. The van der Waals surface area contributed by atoms with E-state index < -0.39 is 0 Å². The molecule has 0 radical (unpaired) electrons. The van der Waals surface area contributed by atoms with Gasteiger partial charge < -0.3 is 11.5 Å². The summed E-state index contributed by atoms with van der Waals surface area (Å²) < 4.78 is 0. The van der Waals surface area contributed by atoms with Gasteiger partial charge in [0.1, 0.15) is 0 Å². The number of hydrogen-bond donors (Lipinski definition) is 4. The summed E-state index contributed by atoms with van der Waals surface area (Å²) in [5, 5.41) is 8.51. The second-order valence-corrected chi connectivity index (χ2v) is 6.77. The molecule has 152 valence electrons. The summed E-state index contributed by atoms with van der Waals surface area (Å²) in [6.07, 6.45) is 0. The lowest BCUT2D eigenvalue weighted by Gasteiger charge is -2.06. The fraction of sp³-hybridized carbons (Fsp3) is 0.0870. The molecule has 0 fully saturated rings. The van der Waals surface area contributed by atoms with Crippen LogP contribution < -0.4 is 22.3 Å². The maximum Gasteiger partial charge on any atom is 0.271 e. The molecule has 3 aromatic carbocycles. The molecule has 3 rings (SSSR count). The van der Waals surface area contributed by atoms with Gasteiger partial charge in [0.2, 0.25) is 0 Å². The topological polar surface area (TPSA) is 118 Å². The average Bonchev–Trinajstić information content (AvgIpc) is 2.77. The number of anilines is 3. The van der Waals surface area contributed by atoms with Gasteiger partial charge in [0.05, 0.1) is 17.1 Å². The van der Waals surface area contributed by atoms with Crippen LogP contribution in [0.5, 0.6) is 0 Å². The van der Waals surface area contributed by atoms with Gasteiger partial charge in [0.25, 0.3) is 5.91 Å². The fourth-order valence-corrected chi connectivity index (χ4v) is 2.62. The summed E-state index contributed by atoms with van der Waals surface area (Å²) in [7, 11) is 0. The molecule has 0 spiro atoms. The molecule has 0 aliphatic heterocycles. The van der Waals surface area contributed by atoms with E-state index in [2.05, 4.69) is 21.1 Å². The summed E-state index contributed by atoms with van der Waals surface area (Å²) in [5.74, 6) is -0.294. The van der Waals surface area contributed by atoms with Crippen molar-refractivity contribution in [2.45, 2.75) is 13.8 Å². The van der Waals surface area contributed by atoms with E-state index in [9.17, 15) is 4.79 Å². The number of benzene rings is 3. The van der Waals surface area contributed by atoms with Crippen molar-refractivity contribution in [2.75, 3.05) is 16.9 Å². The molecule has 0 bridgehead atoms. The van der Waals surface area contributed by atoms with Gasteiger partial charge in [-0.25, -0.2) is 5.43 Å². The Balaban J connectivity index is 1.60. The number of hydrazone groups is 2. The standard InChI is InChI=1S/C23H24N6O/c1-15(17-3-9-20(24)10-4-17)26-28-22-13-7-19(8-14-22)23(30)29-27-16(2)18-5-11-21(25)12-6-18/h3-14,28H,24-25H2,1-2H3,(H,29,30)/b26-15-,27-16-. The number of nitrogens with two attached hydrogens (primary N) is 2. The first-order valence-electron chi connectivity index (χ1n) is 9.39. The zero-order chi connectivity index (χ0) is 21.5. The van der Waals surface area contributed by atoms with Crippen molar-refractivity contribution in [1.82, 2.24) is 5.43 Å². The summed E-state index contributed by atoms with van der Waals surface area (Å²) in [6, 6.07) is 21.8. The molecule has 7 nitrogen and oxygen atoms in total. The molecule has 6 N–H and O–H groups in total. The minimum atomic E-state index is -0.294. The number of nitrogens with zero attached hydrogens (tertiary/aromatic N) is 2. The Bertz CT molecular complexity index is 1070. The molecule has 0 unspecified atom stereocenters. The SMILES string of the molecule is C/C(=N/NC(=O)c1ccc(N/N=C(/C)c2ccc(N)cc2)cc1)c1ccc(N)cc1. The minimum Gasteiger partial charge on any atom is -0.399 e. The minimum absolute atomic E-state index is 0.294. The zero-order valence-electron chi connectivity index (χ0n) is 16.9. The molecule has 1 amide bonds. The van der Waals surface area contributed by atoms with Crippen LogP contribution in [-0.4, -0.2) is 17.3 Å². The number of carbonyl (C=O) groups is 1. The van der Waals surface area contributed by atoms with Crippen LogP contribution in [0.1, 0.15) is 35.3 Å². The monoisotopic (exact) mass is 400 g/mol. The summed E-state index contributed by atoms with van der Waals surface area (Å²) in [5.41, 5.74) is 23.0. The highest BCUT2D eigenvalue weighted by Crippen LogP contribution is 2.12. The molecule has 0 heterocycles. The first kappa shape index (κ1) is 20.6. The number of nitrogens with one attached hydrogen (secondary N) is 2. The quantitative estimate of drug-likeness (QED) is 0.286. The molecule has 0 atom stereocenters. The molecule has 30 heavy (non-hydrogen) atoms. The van der Waals surface area contributed by atoms with Crippen LogP contribution in [-0.2, 0) is 0 Å². The third-order valence-electron chi connectivity index (χ3n) is 4.48. The molecule has 0 aromatic heterocycles. The van der Waals surface area contributed by atoms with E-state index >= 15 is 0 Å². The lowest BCUT2D eigenvalue weighted by Crippen LogP contribution is -2.19. The third kappa shape index (κ3) is 5.45. The number of rotatable bonds is 6. The van der Waals surface area contributed by atoms with Gasteiger partial charge in [-0.2, -0.15) is 10.2 Å². The second kappa shape index (κ2) is 9.38. The van der Waals surface area contributed by atoms with Crippen LogP contribution in [0.2, 0.25) is 0 Å². The van der Waals surface area contributed by atoms with Crippen molar-refractivity contribution in [2.24, 2.45) is 10.2 Å². The first-order valence-corrected chi connectivity index (χ1v) is 9.39. The molecule has 0 aliphatic rings. The van der Waals surface area contributed by atoms with E-state index in [0.717, 1.165) is 22.5 Å². The van der Waals surface area contributed by atoms with Crippen molar-refractivity contribution >= 4 is 34.4 Å². The first-order chi connectivity index (χ1) is 14.4. The Hall–Kier alpha value is -4.13. The Morgan fingerprint density at radius 1 is 0.667 bits per heavy atom.